The summed E-state index contributed by atoms with van der Waals surface area (Å²) < 4.78 is 0. The minimum absolute atomic E-state index is 0.198. The Morgan fingerprint density at radius 3 is 2.95 bits per heavy atom. The highest BCUT2D eigenvalue weighted by atomic mass is 16.2. The molecule has 2 N–H and O–H groups in total. The molecule has 2 aromatic rings. The maximum absolute atomic E-state index is 12.4. The van der Waals surface area contributed by atoms with E-state index < -0.39 is 0 Å². The number of rotatable bonds is 4. The lowest BCUT2D eigenvalue weighted by molar-refractivity contribution is -0.132. The lowest BCUT2D eigenvalue weighted by atomic mass is 9.97. The van der Waals surface area contributed by atoms with Crippen LogP contribution in [0.25, 0.3) is 0 Å². The van der Waals surface area contributed by atoms with Gasteiger partial charge < -0.3 is 4.90 Å². The first-order valence-electron chi connectivity index (χ1n) is 7.78. The Hall–Kier alpha value is -2.18. The Morgan fingerprint density at radius 1 is 1.41 bits per heavy atom. The number of nitrogens with one attached hydrogen (secondary N) is 2. The van der Waals surface area contributed by atoms with Crippen molar-refractivity contribution in [3.8, 4) is 0 Å². The third kappa shape index (κ3) is 3.03. The first-order chi connectivity index (χ1) is 10.6. The number of carbonyl (C=O) groups excluding carboxylic acids is 1. The van der Waals surface area contributed by atoms with Crippen LogP contribution < -0.4 is 0 Å². The highest BCUT2D eigenvalue weighted by molar-refractivity contribution is 5.76. The summed E-state index contributed by atoms with van der Waals surface area (Å²) in [5.41, 5.74) is 3.23. The molecule has 7 nitrogen and oxygen atoms in total. The van der Waals surface area contributed by atoms with E-state index in [-0.39, 0.29) is 11.8 Å². The fourth-order valence-corrected chi connectivity index (χ4v) is 3.00. The van der Waals surface area contributed by atoms with Gasteiger partial charge in [-0.25, -0.2) is 4.98 Å². The summed E-state index contributed by atoms with van der Waals surface area (Å²) >= 11 is 0. The van der Waals surface area contributed by atoms with Gasteiger partial charge in [-0.1, -0.05) is 0 Å². The van der Waals surface area contributed by atoms with E-state index in [0.717, 1.165) is 48.7 Å². The van der Waals surface area contributed by atoms with Gasteiger partial charge in [0, 0.05) is 37.5 Å². The Bertz CT molecular complexity index is 633. The number of hydrogen-bond acceptors (Lipinski definition) is 4. The van der Waals surface area contributed by atoms with E-state index in [4.69, 9.17) is 0 Å². The van der Waals surface area contributed by atoms with Crippen LogP contribution in [0.5, 0.6) is 0 Å². The Labute approximate surface area is 129 Å². The largest absolute Gasteiger partial charge is 0.342 e. The summed E-state index contributed by atoms with van der Waals surface area (Å²) in [6, 6.07) is 0. The van der Waals surface area contributed by atoms with Crippen molar-refractivity contribution in [2.45, 2.75) is 45.4 Å². The molecule has 0 aliphatic carbocycles. The van der Waals surface area contributed by atoms with Gasteiger partial charge in [-0.3, -0.25) is 15.0 Å². The molecule has 0 radical (unpaired) electrons. The number of carbonyl (C=O) groups is 1. The molecular formula is C15H22N6O. The fraction of sp³-hybridized carbons (Fsp3) is 0.600. The minimum Gasteiger partial charge on any atom is -0.342 e. The van der Waals surface area contributed by atoms with E-state index >= 15 is 0 Å². The van der Waals surface area contributed by atoms with Gasteiger partial charge in [0.15, 0.2) is 0 Å². The zero-order valence-electron chi connectivity index (χ0n) is 13.1. The third-order valence-corrected chi connectivity index (χ3v) is 4.52. The molecule has 3 rings (SSSR count). The maximum Gasteiger partial charge on any atom is 0.222 e. The number of nitrogens with zero attached hydrogens (tertiary/aromatic N) is 4. The van der Waals surface area contributed by atoms with Crippen LogP contribution in [0, 0.1) is 13.8 Å². The van der Waals surface area contributed by atoms with Gasteiger partial charge in [0.05, 0.1) is 5.69 Å². The molecule has 1 unspecified atom stereocenters. The van der Waals surface area contributed by atoms with Gasteiger partial charge >= 0.3 is 0 Å². The number of aromatic amines is 2. The van der Waals surface area contributed by atoms with E-state index in [1.165, 1.54) is 6.33 Å². The van der Waals surface area contributed by atoms with Crippen LogP contribution in [0.3, 0.4) is 0 Å². The van der Waals surface area contributed by atoms with E-state index in [0.29, 0.717) is 12.8 Å². The standard InChI is InChI=1S/C15H22N6O/c1-10-11(2)18-19-13(10)5-6-14(22)21-7-3-4-12(8-21)15-16-9-17-20-15/h9,12H,3-8H2,1-2H3,(H,18,19)(H,16,17,20). The predicted octanol–water partition coefficient (Wildman–Crippen LogP) is 1.48. The van der Waals surface area contributed by atoms with E-state index in [9.17, 15) is 4.79 Å². The molecule has 0 bridgehead atoms. The fourth-order valence-electron chi connectivity index (χ4n) is 3.00. The zero-order valence-corrected chi connectivity index (χ0v) is 13.1. The van der Waals surface area contributed by atoms with Crippen molar-refractivity contribution in [1.29, 1.82) is 0 Å². The average Bonchev–Trinajstić information content (AvgIpc) is 3.17. The second kappa shape index (κ2) is 6.29. The molecule has 0 saturated carbocycles. The Balaban J connectivity index is 1.56. The smallest absolute Gasteiger partial charge is 0.222 e. The van der Waals surface area contributed by atoms with Gasteiger partial charge in [-0.2, -0.15) is 10.2 Å². The molecule has 0 aromatic carbocycles. The highest BCUT2D eigenvalue weighted by Crippen LogP contribution is 2.24. The lowest BCUT2D eigenvalue weighted by Crippen LogP contribution is -2.39. The van der Waals surface area contributed by atoms with Gasteiger partial charge in [0.2, 0.25) is 5.91 Å². The van der Waals surface area contributed by atoms with E-state index in [1.54, 1.807) is 0 Å². The third-order valence-electron chi connectivity index (χ3n) is 4.52. The van der Waals surface area contributed by atoms with Crippen molar-refractivity contribution < 1.29 is 4.79 Å². The van der Waals surface area contributed by atoms with Crippen LogP contribution in [0.1, 0.15) is 48.0 Å². The Kier molecular flexibility index (Phi) is 4.22. The van der Waals surface area contributed by atoms with Crippen LogP contribution in [0.15, 0.2) is 6.33 Å². The number of aryl methyl sites for hydroxylation is 2. The molecule has 3 heterocycles. The van der Waals surface area contributed by atoms with Gasteiger partial charge in [0.25, 0.3) is 0 Å². The second-order valence-corrected chi connectivity index (χ2v) is 5.97. The molecule has 7 heteroatoms. The van der Waals surface area contributed by atoms with Crippen molar-refractivity contribution in [2.75, 3.05) is 13.1 Å². The molecule has 1 aliphatic rings. The molecule has 1 saturated heterocycles. The molecule has 1 amide bonds. The first kappa shape index (κ1) is 14.7. The monoisotopic (exact) mass is 302 g/mol. The molecule has 22 heavy (non-hydrogen) atoms. The summed E-state index contributed by atoms with van der Waals surface area (Å²) in [4.78, 5) is 18.6. The number of H-pyrrole nitrogens is 2. The summed E-state index contributed by atoms with van der Waals surface area (Å²) in [5, 5.41) is 14.1. The van der Waals surface area contributed by atoms with Crippen LogP contribution in [0.2, 0.25) is 0 Å². The minimum atomic E-state index is 0.198. The molecule has 118 valence electrons. The zero-order chi connectivity index (χ0) is 15.5. The van der Waals surface area contributed by atoms with Crippen LogP contribution in [0.4, 0.5) is 0 Å². The summed E-state index contributed by atoms with van der Waals surface area (Å²) in [6.07, 6.45) is 4.79. The van der Waals surface area contributed by atoms with Crippen LogP contribution in [-0.4, -0.2) is 49.3 Å². The van der Waals surface area contributed by atoms with Crippen molar-refractivity contribution in [3.05, 3.63) is 29.1 Å². The number of amides is 1. The first-order valence-corrected chi connectivity index (χ1v) is 7.78. The SMILES string of the molecule is Cc1[nH]nc(CCC(=O)N2CCCC(c3ncn[nH]3)C2)c1C. The van der Waals surface area contributed by atoms with Crippen molar-refractivity contribution in [3.63, 3.8) is 0 Å². The van der Waals surface area contributed by atoms with Crippen molar-refractivity contribution >= 4 is 5.91 Å². The molecular weight excluding hydrogens is 280 g/mol. The average molecular weight is 302 g/mol. The molecule has 1 atom stereocenters. The van der Waals surface area contributed by atoms with Crippen molar-refractivity contribution in [1.82, 2.24) is 30.3 Å². The number of hydrogen-bond donors (Lipinski definition) is 2. The second-order valence-electron chi connectivity index (χ2n) is 5.97. The van der Waals surface area contributed by atoms with E-state index in [2.05, 4.69) is 25.4 Å². The normalized spacial score (nSPS) is 18.6. The molecule has 2 aromatic heterocycles. The van der Waals surface area contributed by atoms with Gasteiger partial charge in [0.1, 0.15) is 12.2 Å². The summed E-state index contributed by atoms with van der Waals surface area (Å²) in [5.74, 6) is 1.36. The van der Waals surface area contributed by atoms with Gasteiger partial charge in [-0.15, -0.1) is 0 Å². The topological polar surface area (TPSA) is 90.6 Å². The summed E-state index contributed by atoms with van der Waals surface area (Å²) in [7, 11) is 0. The molecule has 0 spiro atoms. The lowest BCUT2D eigenvalue weighted by Gasteiger charge is -2.31. The number of piperidine rings is 1. The number of likely N-dealkylation sites (tertiary alicyclic amines) is 1. The van der Waals surface area contributed by atoms with E-state index in [1.807, 2.05) is 18.7 Å². The highest BCUT2D eigenvalue weighted by Gasteiger charge is 2.26. The van der Waals surface area contributed by atoms with Crippen LogP contribution >= 0.6 is 0 Å². The predicted molar refractivity (Wildman–Crippen MR) is 81.3 cm³/mol. The van der Waals surface area contributed by atoms with Gasteiger partial charge in [-0.05, 0) is 32.3 Å². The number of aromatic nitrogens is 5. The van der Waals surface area contributed by atoms with Crippen LogP contribution in [-0.2, 0) is 11.2 Å². The quantitative estimate of drug-likeness (QED) is 0.895. The molecule has 1 fully saturated rings. The summed E-state index contributed by atoms with van der Waals surface area (Å²) in [6.45, 7) is 5.61. The molecule has 1 aliphatic heterocycles. The van der Waals surface area contributed by atoms with Crippen molar-refractivity contribution in [2.24, 2.45) is 0 Å². The maximum atomic E-state index is 12.4. The Morgan fingerprint density at radius 2 is 2.27 bits per heavy atom.